The number of benzene rings is 3. The van der Waals surface area contributed by atoms with Gasteiger partial charge in [0.2, 0.25) is 11.9 Å². The van der Waals surface area contributed by atoms with Crippen molar-refractivity contribution in [1.82, 2.24) is 25.6 Å². The van der Waals surface area contributed by atoms with Gasteiger partial charge in [-0.15, -0.1) is 6.42 Å². The Morgan fingerprint density at radius 3 is 2.15 bits per heavy atom. The Kier molecular flexibility index (Phi) is 11.6. The molecule has 0 unspecified atom stereocenters. The maximum atomic E-state index is 13.0. The average molecular weight is 751 g/mol. The first-order chi connectivity index (χ1) is 25.3. The maximum Gasteiger partial charge on any atom is 0.422 e. The van der Waals surface area contributed by atoms with Gasteiger partial charge in [0.1, 0.15) is 6.04 Å². The van der Waals surface area contributed by atoms with Gasteiger partial charge in [0.05, 0.1) is 12.6 Å². The third kappa shape index (κ3) is 10.6. The van der Waals surface area contributed by atoms with Crippen LogP contribution >= 0.6 is 11.6 Å². The highest BCUT2D eigenvalue weighted by atomic mass is 35.5. The zero-order valence-corrected chi connectivity index (χ0v) is 28.5. The van der Waals surface area contributed by atoms with E-state index < -0.39 is 60.6 Å². The van der Waals surface area contributed by atoms with Crippen LogP contribution in [0.15, 0.2) is 72.8 Å². The van der Waals surface area contributed by atoms with Gasteiger partial charge < -0.3 is 36.1 Å². The summed E-state index contributed by atoms with van der Waals surface area (Å²) < 4.78 is 48.4. The third-order valence-electron chi connectivity index (χ3n) is 7.65. The Hall–Kier alpha value is -6.41. The predicted octanol–water partition coefficient (Wildman–Crippen LogP) is 4.32. The summed E-state index contributed by atoms with van der Waals surface area (Å²) >= 11 is 6.02. The highest BCUT2D eigenvalue weighted by molar-refractivity contribution is 6.39. The van der Waals surface area contributed by atoms with Crippen molar-refractivity contribution in [2.24, 2.45) is 0 Å². The lowest BCUT2D eigenvalue weighted by molar-refractivity contribution is -0.154. The van der Waals surface area contributed by atoms with Crippen molar-refractivity contribution < 1.29 is 41.8 Å². The van der Waals surface area contributed by atoms with E-state index in [2.05, 4.69) is 47.5 Å². The van der Waals surface area contributed by atoms with Crippen molar-refractivity contribution in [2.75, 3.05) is 36.2 Å². The molecule has 5 rings (SSSR count). The summed E-state index contributed by atoms with van der Waals surface area (Å²) in [4.78, 5) is 62.4. The number of hydrogen-bond acceptors (Lipinski definition) is 11. The molecule has 3 amide bonds. The summed E-state index contributed by atoms with van der Waals surface area (Å²) in [5.74, 6) is -1.50. The number of amides is 3. The molecular formula is C35H30ClF3N8O6. The Morgan fingerprint density at radius 2 is 1.55 bits per heavy atom. The van der Waals surface area contributed by atoms with E-state index in [1.54, 1.807) is 24.3 Å². The minimum atomic E-state index is -4.64. The number of methoxy groups -OCH3 is 1. The van der Waals surface area contributed by atoms with Gasteiger partial charge in [0.25, 0.3) is 5.91 Å². The van der Waals surface area contributed by atoms with E-state index in [-0.39, 0.29) is 17.5 Å². The zero-order chi connectivity index (χ0) is 38.2. The summed E-state index contributed by atoms with van der Waals surface area (Å²) in [5.41, 5.74) is 1.61. The number of nitrogens with zero attached hydrogens (tertiary/aromatic N) is 3. The van der Waals surface area contributed by atoms with Gasteiger partial charge in [0.15, 0.2) is 6.61 Å². The largest absolute Gasteiger partial charge is 0.467 e. The summed E-state index contributed by atoms with van der Waals surface area (Å²) in [7, 11) is 1.08. The highest BCUT2D eigenvalue weighted by Crippen LogP contribution is 2.48. The van der Waals surface area contributed by atoms with Gasteiger partial charge in [-0.2, -0.15) is 28.1 Å². The van der Waals surface area contributed by atoms with Crippen molar-refractivity contribution in [3.8, 4) is 18.4 Å². The van der Waals surface area contributed by atoms with Gasteiger partial charge in [-0.05, 0) is 79.1 Å². The van der Waals surface area contributed by atoms with Crippen LogP contribution < -0.4 is 31.3 Å². The van der Waals surface area contributed by atoms with E-state index in [0.717, 1.165) is 12.7 Å². The third-order valence-corrected chi connectivity index (χ3v) is 7.91. The minimum absolute atomic E-state index is 0.0414. The van der Waals surface area contributed by atoms with Crippen molar-refractivity contribution in [3.05, 3.63) is 94.5 Å². The molecule has 3 aromatic carbocycles. The molecule has 5 N–H and O–H groups in total. The van der Waals surface area contributed by atoms with Crippen LogP contribution in [-0.2, 0) is 24.7 Å². The molecule has 0 saturated heterocycles. The number of rotatable bonds is 13. The minimum Gasteiger partial charge on any atom is -0.467 e. The zero-order valence-electron chi connectivity index (χ0n) is 27.7. The number of esters is 1. The van der Waals surface area contributed by atoms with Gasteiger partial charge in [-0.25, -0.2) is 4.79 Å². The molecule has 274 valence electrons. The molecule has 0 radical (unpaired) electrons. The van der Waals surface area contributed by atoms with Crippen molar-refractivity contribution in [3.63, 3.8) is 0 Å². The van der Waals surface area contributed by atoms with E-state index in [0.29, 0.717) is 34.8 Å². The van der Waals surface area contributed by atoms with E-state index in [1.165, 1.54) is 36.4 Å². The highest BCUT2D eigenvalue weighted by Gasteiger charge is 2.45. The number of hydrogen-bond donors (Lipinski definition) is 5. The van der Waals surface area contributed by atoms with Crippen LogP contribution in [0.3, 0.4) is 0 Å². The average Bonchev–Trinajstić information content (AvgIpc) is 3.92. The Bertz CT molecular complexity index is 2020. The predicted molar refractivity (Wildman–Crippen MR) is 186 cm³/mol. The molecular weight excluding hydrogens is 721 g/mol. The van der Waals surface area contributed by atoms with Gasteiger partial charge in [-0.3, -0.25) is 14.4 Å². The summed E-state index contributed by atoms with van der Waals surface area (Å²) in [6, 6.07) is 17.0. The van der Waals surface area contributed by atoms with Crippen LogP contribution in [-0.4, -0.2) is 71.1 Å². The standard InChI is InChI=1S/C35H30ClF3N8O6/c1-3-20-4-12-24(13-5-20)41-29(50)28(49)40-18-26(30(51)52-2)43-27(48)21-6-14-25(15-7-21)42-31-44-32(46-33(45-31)53-19-35(37,38)39)47-34(16-17-34)22-8-10-23(36)11-9-22/h1,4-15,26H,16-19H2,2H3,(H,40,49)(H,41,50)(H,43,48)(H2,42,44,45,46,47)/t26-/m0/s1. The first kappa shape index (κ1) is 37.8. The van der Waals surface area contributed by atoms with Crippen LogP contribution in [0.25, 0.3) is 0 Å². The molecule has 1 aliphatic carbocycles. The van der Waals surface area contributed by atoms with Crippen molar-refractivity contribution in [1.29, 1.82) is 0 Å². The van der Waals surface area contributed by atoms with Gasteiger partial charge >= 0.3 is 30.0 Å². The topological polar surface area (TPSA) is 186 Å². The molecule has 1 atom stereocenters. The normalized spacial score (nSPS) is 13.4. The lowest BCUT2D eigenvalue weighted by atomic mass is 10.1. The lowest BCUT2D eigenvalue weighted by Gasteiger charge is -2.19. The van der Waals surface area contributed by atoms with Crippen LogP contribution in [0.4, 0.5) is 36.4 Å². The molecule has 0 spiro atoms. The fourth-order valence-electron chi connectivity index (χ4n) is 4.80. The van der Waals surface area contributed by atoms with Crippen LogP contribution in [0.5, 0.6) is 6.01 Å². The number of anilines is 4. The molecule has 0 bridgehead atoms. The molecule has 1 aromatic heterocycles. The summed E-state index contributed by atoms with van der Waals surface area (Å²) in [5, 5.41) is 13.7. The molecule has 53 heavy (non-hydrogen) atoms. The van der Waals surface area contributed by atoms with Gasteiger partial charge in [0, 0.05) is 34.1 Å². The fourth-order valence-corrected chi connectivity index (χ4v) is 4.92. The lowest BCUT2D eigenvalue weighted by Crippen LogP contribution is -2.50. The summed E-state index contributed by atoms with van der Waals surface area (Å²) in [6.45, 7) is -2.11. The second kappa shape index (κ2) is 16.3. The quantitative estimate of drug-likeness (QED) is 0.0745. The van der Waals surface area contributed by atoms with Crippen LogP contribution in [0.1, 0.15) is 34.3 Å². The molecule has 4 aromatic rings. The number of nitrogens with one attached hydrogen (secondary N) is 5. The van der Waals surface area contributed by atoms with Crippen LogP contribution in [0.2, 0.25) is 5.02 Å². The Labute approximate surface area is 305 Å². The first-order valence-corrected chi connectivity index (χ1v) is 16.0. The summed E-state index contributed by atoms with van der Waals surface area (Å²) in [6.07, 6.45) is 2.07. The van der Waals surface area contributed by atoms with E-state index in [1.807, 2.05) is 12.1 Å². The van der Waals surface area contributed by atoms with Crippen molar-refractivity contribution in [2.45, 2.75) is 30.6 Å². The van der Waals surface area contributed by atoms with E-state index in [9.17, 15) is 32.3 Å². The number of carbonyl (C=O) groups is 4. The maximum absolute atomic E-state index is 13.0. The van der Waals surface area contributed by atoms with Crippen molar-refractivity contribution >= 4 is 58.6 Å². The molecule has 1 saturated carbocycles. The van der Waals surface area contributed by atoms with Crippen LogP contribution in [0, 0.1) is 12.3 Å². The number of alkyl halides is 3. The number of terminal acetylenes is 1. The second-order valence-corrected chi connectivity index (χ2v) is 12.0. The van der Waals surface area contributed by atoms with E-state index >= 15 is 0 Å². The molecule has 14 nitrogen and oxygen atoms in total. The van der Waals surface area contributed by atoms with E-state index in [4.69, 9.17) is 27.5 Å². The Morgan fingerprint density at radius 1 is 0.906 bits per heavy atom. The molecule has 18 heteroatoms. The monoisotopic (exact) mass is 750 g/mol. The molecule has 0 aliphatic heterocycles. The number of ether oxygens (including phenoxy) is 2. The molecule has 1 heterocycles. The second-order valence-electron chi connectivity index (χ2n) is 11.5. The number of halogens is 4. The fraction of sp³-hybridized carbons (Fsp3) is 0.229. The molecule has 1 aliphatic rings. The SMILES string of the molecule is C#Cc1ccc(NC(=O)C(=O)NC[C@H](NC(=O)c2ccc(Nc3nc(NC4(c5ccc(Cl)cc5)CC4)nc(OCC(F)(F)F)n3)cc2)C(=O)OC)cc1. The van der Waals surface area contributed by atoms with Gasteiger partial charge in [-0.1, -0.05) is 29.7 Å². The number of aromatic nitrogens is 3. The first-order valence-electron chi connectivity index (χ1n) is 15.7. The number of carbonyl (C=O) groups excluding carboxylic acids is 4. The molecule has 1 fully saturated rings. The smallest absolute Gasteiger partial charge is 0.422 e. The Balaban J connectivity index is 1.23.